The zero-order valence-corrected chi connectivity index (χ0v) is 16.9. The van der Waals surface area contributed by atoms with Gasteiger partial charge in [0.05, 0.1) is 12.8 Å². The summed E-state index contributed by atoms with van der Waals surface area (Å²) in [5.41, 5.74) is 9.74. The molecule has 0 atom stereocenters. The molecule has 3 aromatic rings. The number of ether oxygens (including phenoxy) is 1. The molecule has 29 heavy (non-hydrogen) atoms. The van der Waals surface area contributed by atoms with Crippen LogP contribution in [0, 0.1) is 0 Å². The first-order valence-corrected chi connectivity index (χ1v) is 9.63. The van der Waals surface area contributed by atoms with Gasteiger partial charge in [-0.15, -0.1) is 0 Å². The van der Waals surface area contributed by atoms with E-state index in [0.717, 1.165) is 40.7 Å². The van der Waals surface area contributed by atoms with Crippen molar-refractivity contribution in [3.8, 4) is 5.75 Å². The Bertz CT molecular complexity index is 1120. The van der Waals surface area contributed by atoms with Gasteiger partial charge in [-0.1, -0.05) is 17.7 Å². The molecule has 148 valence electrons. The summed E-state index contributed by atoms with van der Waals surface area (Å²) in [5.74, 6) is 1.56. The quantitative estimate of drug-likeness (QED) is 0.466. The molecule has 2 aromatic heterocycles. The van der Waals surface area contributed by atoms with Gasteiger partial charge in [0, 0.05) is 48.2 Å². The van der Waals surface area contributed by atoms with Crippen LogP contribution in [0.15, 0.2) is 41.7 Å². The molecule has 7 nitrogen and oxygen atoms in total. The van der Waals surface area contributed by atoms with Crippen molar-refractivity contribution in [2.75, 3.05) is 19.5 Å². The number of nitrogens with two attached hydrogens (primary N) is 1. The number of nitrogens with one attached hydrogen (secondary N) is 1. The summed E-state index contributed by atoms with van der Waals surface area (Å²) >= 11 is 6.38. The molecule has 1 fully saturated rings. The van der Waals surface area contributed by atoms with Crippen molar-refractivity contribution in [3.05, 3.63) is 53.1 Å². The highest BCUT2D eigenvalue weighted by Gasteiger charge is 2.26. The lowest BCUT2D eigenvalue weighted by Crippen LogP contribution is -2.01. The molecule has 1 aromatic carbocycles. The van der Waals surface area contributed by atoms with E-state index in [9.17, 15) is 0 Å². The van der Waals surface area contributed by atoms with Gasteiger partial charge in [0.1, 0.15) is 11.3 Å². The SMILES string of the molecule is CN=CC(=CN)c1ccc(Nc2ncc3cc(C4CC4)nc(Cl)c3n2)c(OC)c1. The number of rotatable bonds is 6. The lowest BCUT2D eigenvalue weighted by atomic mass is 10.1. The van der Waals surface area contributed by atoms with Gasteiger partial charge >= 0.3 is 0 Å². The minimum absolute atomic E-state index is 0.397. The van der Waals surface area contributed by atoms with Crippen LogP contribution in [0.25, 0.3) is 16.5 Å². The molecular formula is C21H21ClN6O. The van der Waals surface area contributed by atoms with Gasteiger partial charge in [0.2, 0.25) is 5.95 Å². The Morgan fingerprint density at radius 3 is 2.83 bits per heavy atom. The molecule has 0 unspecified atom stereocenters. The lowest BCUT2D eigenvalue weighted by Gasteiger charge is -2.13. The Morgan fingerprint density at radius 2 is 2.14 bits per heavy atom. The molecule has 0 spiro atoms. The average Bonchev–Trinajstić information content (AvgIpc) is 3.58. The molecule has 3 N–H and O–H groups in total. The number of aromatic nitrogens is 3. The number of hydrogen-bond acceptors (Lipinski definition) is 7. The number of nitrogens with zero attached hydrogens (tertiary/aromatic N) is 4. The first kappa shape index (κ1) is 19.1. The van der Waals surface area contributed by atoms with E-state index in [4.69, 9.17) is 22.1 Å². The summed E-state index contributed by atoms with van der Waals surface area (Å²) < 4.78 is 5.52. The van der Waals surface area contributed by atoms with Crippen LogP contribution < -0.4 is 15.8 Å². The summed E-state index contributed by atoms with van der Waals surface area (Å²) in [6.45, 7) is 0. The maximum atomic E-state index is 6.38. The molecule has 1 aliphatic carbocycles. The largest absolute Gasteiger partial charge is 0.495 e. The molecule has 0 radical (unpaired) electrons. The second-order valence-corrected chi connectivity index (χ2v) is 7.15. The number of methoxy groups -OCH3 is 1. The van der Waals surface area contributed by atoms with Crippen molar-refractivity contribution < 1.29 is 4.74 Å². The first-order chi connectivity index (χ1) is 14.1. The third kappa shape index (κ3) is 4.00. The van der Waals surface area contributed by atoms with Crippen LogP contribution in [-0.4, -0.2) is 35.3 Å². The summed E-state index contributed by atoms with van der Waals surface area (Å²) in [5, 5.41) is 4.47. The van der Waals surface area contributed by atoms with Crippen molar-refractivity contribution >= 4 is 45.9 Å². The molecule has 0 bridgehead atoms. The van der Waals surface area contributed by atoms with E-state index in [1.54, 1.807) is 26.6 Å². The highest BCUT2D eigenvalue weighted by Crippen LogP contribution is 2.40. The highest BCUT2D eigenvalue weighted by molar-refractivity contribution is 6.33. The van der Waals surface area contributed by atoms with Crippen molar-refractivity contribution in [2.24, 2.45) is 10.7 Å². The molecule has 0 saturated heterocycles. The minimum atomic E-state index is 0.397. The maximum Gasteiger partial charge on any atom is 0.227 e. The Morgan fingerprint density at radius 1 is 1.31 bits per heavy atom. The molecule has 0 amide bonds. The number of fused-ring (bicyclic) bond motifs is 1. The third-order valence-corrected chi connectivity index (χ3v) is 5.03. The third-order valence-electron chi connectivity index (χ3n) is 4.77. The summed E-state index contributed by atoms with van der Waals surface area (Å²) in [4.78, 5) is 17.5. The summed E-state index contributed by atoms with van der Waals surface area (Å²) in [6.07, 6.45) is 7.29. The number of pyridine rings is 1. The fourth-order valence-corrected chi connectivity index (χ4v) is 3.36. The van der Waals surface area contributed by atoms with Crippen LogP contribution in [0.5, 0.6) is 5.75 Å². The lowest BCUT2D eigenvalue weighted by molar-refractivity contribution is 0.416. The van der Waals surface area contributed by atoms with E-state index in [1.807, 2.05) is 24.3 Å². The van der Waals surface area contributed by atoms with Crippen LogP contribution in [0.3, 0.4) is 0 Å². The van der Waals surface area contributed by atoms with Crippen molar-refractivity contribution in [1.29, 1.82) is 0 Å². The average molecular weight is 409 g/mol. The number of allylic oxidation sites excluding steroid dienone is 1. The zero-order valence-electron chi connectivity index (χ0n) is 16.2. The van der Waals surface area contributed by atoms with Crippen LogP contribution in [0.2, 0.25) is 5.15 Å². The van der Waals surface area contributed by atoms with Gasteiger partial charge in [0.15, 0.2) is 5.15 Å². The van der Waals surface area contributed by atoms with Crippen molar-refractivity contribution in [2.45, 2.75) is 18.8 Å². The second-order valence-electron chi connectivity index (χ2n) is 6.79. The first-order valence-electron chi connectivity index (χ1n) is 9.25. The van der Waals surface area contributed by atoms with Gasteiger partial charge in [0.25, 0.3) is 0 Å². The van der Waals surface area contributed by atoms with Crippen LogP contribution in [-0.2, 0) is 0 Å². The van der Waals surface area contributed by atoms with E-state index in [1.165, 1.54) is 6.20 Å². The van der Waals surface area contributed by atoms with Crippen molar-refractivity contribution in [3.63, 3.8) is 0 Å². The number of aliphatic imine (C=N–C) groups is 1. The topological polar surface area (TPSA) is 98.3 Å². The fraction of sp³-hybridized carbons (Fsp3) is 0.238. The van der Waals surface area contributed by atoms with Gasteiger partial charge in [-0.25, -0.2) is 15.0 Å². The molecule has 8 heteroatoms. The van der Waals surface area contributed by atoms with Crippen LogP contribution in [0.4, 0.5) is 11.6 Å². The summed E-state index contributed by atoms with van der Waals surface area (Å²) in [7, 11) is 3.30. The number of anilines is 2. The van der Waals surface area contributed by atoms with E-state index < -0.39 is 0 Å². The van der Waals surface area contributed by atoms with Gasteiger partial charge in [-0.2, -0.15) is 0 Å². The Labute approximate surface area is 173 Å². The molecule has 1 saturated carbocycles. The van der Waals surface area contributed by atoms with Crippen molar-refractivity contribution in [1.82, 2.24) is 15.0 Å². The molecule has 4 rings (SSSR count). The second kappa shape index (κ2) is 8.05. The van der Waals surface area contributed by atoms with E-state index in [0.29, 0.717) is 28.3 Å². The van der Waals surface area contributed by atoms with Crippen LogP contribution >= 0.6 is 11.6 Å². The van der Waals surface area contributed by atoms with E-state index in [-0.39, 0.29) is 0 Å². The minimum Gasteiger partial charge on any atom is -0.495 e. The maximum absolute atomic E-state index is 6.38. The smallest absolute Gasteiger partial charge is 0.227 e. The van der Waals surface area contributed by atoms with Gasteiger partial charge < -0.3 is 15.8 Å². The highest BCUT2D eigenvalue weighted by atomic mass is 35.5. The van der Waals surface area contributed by atoms with E-state index in [2.05, 4.69) is 25.3 Å². The summed E-state index contributed by atoms with van der Waals surface area (Å²) in [6, 6.07) is 7.70. The fourth-order valence-electron chi connectivity index (χ4n) is 3.12. The van der Waals surface area contributed by atoms with Crippen LogP contribution in [0.1, 0.15) is 30.0 Å². The van der Waals surface area contributed by atoms with E-state index >= 15 is 0 Å². The molecule has 2 heterocycles. The number of halogens is 1. The predicted octanol–water partition coefficient (Wildman–Crippen LogP) is 4.31. The molecular weight excluding hydrogens is 388 g/mol. The van der Waals surface area contributed by atoms with Gasteiger partial charge in [-0.3, -0.25) is 4.99 Å². The number of hydrogen-bond donors (Lipinski definition) is 2. The molecule has 1 aliphatic rings. The zero-order chi connectivity index (χ0) is 20.4. The standard InChI is InChI=1S/C21H21ClN6O/c1-24-10-15(9-23)13-5-6-16(18(8-13)29-2)27-21-25-11-14-7-17(12-3-4-12)26-20(22)19(14)28-21/h5-12H,3-4,23H2,1-2H3,(H,25,27,28). The molecule has 0 aliphatic heterocycles. The monoisotopic (exact) mass is 408 g/mol. The van der Waals surface area contributed by atoms with Gasteiger partial charge in [-0.05, 0) is 36.6 Å². The number of benzene rings is 1. The predicted molar refractivity (Wildman–Crippen MR) is 117 cm³/mol. The normalized spacial score (nSPS) is 14.5. The Hall–Kier alpha value is -3.19. The Balaban J connectivity index is 1.65. The Kier molecular flexibility index (Phi) is 5.31.